The molecule has 1 aliphatic rings. The highest BCUT2D eigenvalue weighted by Crippen LogP contribution is 1.90. The summed E-state index contributed by atoms with van der Waals surface area (Å²) in [5.74, 6) is -1.39. The van der Waals surface area contributed by atoms with Gasteiger partial charge in [-0.3, -0.25) is 25.2 Å². The molecule has 1 heterocycles. The van der Waals surface area contributed by atoms with Crippen LogP contribution < -0.4 is 10.6 Å². The minimum absolute atomic E-state index is 0.0334. The molecule has 1 fully saturated rings. The first-order valence-electron chi connectivity index (χ1n) is 4.23. The maximum atomic E-state index is 10.7. The van der Waals surface area contributed by atoms with Crippen molar-refractivity contribution in [1.82, 2.24) is 10.6 Å². The van der Waals surface area contributed by atoms with Crippen LogP contribution in [0.5, 0.6) is 0 Å². The van der Waals surface area contributed by atoms with Gasteiger partial charge in [-0.05, 0) is 6.42 Å². The van der Waals surface area contributed by atoms with Crippen molar-refractivity contribution in [3.63, 3.8) is 0 Å². The van der Waals surface area contributed by atoms with Gasteiger partial charge in [-0.15, -0.1) is 0 Å². The van der Waals surface area contributed by atoms with Gasteiger partial charge in [0.2, 0.25) is 5.96 Å². The van der Waals surface area contributed by atoms with Crippen LogP contribution in [-0.4, -0.2) is 44.7 Å². The SMILES string of the molecule is CS(=O)(=O)CCCN=C1NC(=O)C(=O)N1. The Labute approximate surface area is 86.9 Å². The standard InChI is InChI=1S/C7H11N3O4S/c1-15(13,14)4-2-3-8-7-9-5(11)6(12)10-7/h2-4H2,1H3,(H2,8,9,10,11,12). The summed E-state index contributed by atoms with van der Waals surface area (Å²) in [5.41, 5.74) is 0. The van der Waals surface area contributed by atoms with Crippen molar-refractivity contribution in [3.8, 4) is 0 Å². The second-order valence-electron chi connectivity index (χ2n) is 3.12. The Morgan fingerprint density at radius 1 is 1.20 bits per heavy atom. The molecule has 0 aromatic carbocycles. The third kappa shape index (κ3) is 4.07. The molecule has 2 N–H and O–H groups in total. The third-order valence-electron chi connectivity index (χ3n) is 1.61. The summed E-state index contributed by atoms with van der Waals surface area (Å²) in [6.45, 7) is 0.239. The Kier molecular flexibility index (Phi) is 3.40. The number of sulfone groups is 1. The van der Waals surface area contributed by atoms with Crippen molar-refractivity contribution in [2.24, 2.45) is 4.99 Å². The number of guanidine groups is 1. The molecule has 0 aromatic rings. The van der Waals surface area contributed by atoms with Crippen molar-refractivity contribution in [2.75, 3.05) is 18.6 Å². The first kappa shape index (κ1) is 11.6. The topological polar surface area (TPSA) is 105 Å². The van der Waals surface area contributed by atoms with Gasteiger partial charge >= 0.3 is 11.8 Å². The van der Waals surface area contributed by atoms with E-state index < -0.39 is 21.7 Å². The Balaban J connectivity index is 2.34. The van der Waals surface area contributed by atoms with Crippen LogP contribution in [0.2, 0.25) is 0 Å². The van der Waals surface area contributed by atoms with Gasteiger partial charge in [0.15, 0.2) is 0 Å². The van der Waals surface area contributed by atoms with Crippen molar-refractivity contribution < 1.29 is 18.0 Å². The fourth-order valence-corrected chi connectivity index (χ4v) is 1.61. The predicted octanol–water partition coefficient (Wildman–Crippen LogP) is -1.98. The zero-order valence-electron chi connectivity index (χ0n) is 8.11. The second-order valence-corrected chi connectivity index (χ2v) is 5.38. The van der Waals surface area contributed by atoms with Crippen molar-refractivity contribution >= 4 is 27.6 Å². The number of carbonyl (C=O) groups excluding carboxylic acids is 2. The molecule has 0 aromatic heterocycles. The molecule has 7 nitrogen and oxygen atoms in total. The van der Waals surface area contributed by atoms with Crippen LogP contribution in [-0.2, 0) is 19.4 Å². The lowest BCUT2D eigenvalue weighted by molar-refractivity contribution is -0.135. The van der Waals surface area contributed by atoms with Crippen molar-refractivity contribution in [3.05, 3.63) is 0 Å². The number of hydrogen-bond donors (Lipinski definition) is 2. The number of amides is 2. The van der Waals surface area contributed by atoms with Gasteiger partial charge in [0.1, 0.15) is 9.84 Å². The number of rotatable bonds is 4. The van der Waals surface area contributed by atoms with E-state index in [9.17, 15) is 18.0 Å². The van der Waals surface area contributed by atoms with Gasteiger partial charge in [0, 0.05) is 12.8 Å². The Morgan fingerprint density at radius 3 is 2.20 bits per heavy atom. The van der Waals surface area contributed by atoms with E-state index in [1.54, 1.807) is 0 Å². The molecule has 15 heavy (non-hydrogen) atoms. The molecule has 0 unspecified atom stereocenters. The maximum Gasteiger partial charge on any atom is 0.316 e. The molecule has 2 amide bonds. The quantitative estimate of drug-likeness (QED) is 0.433. The fraction of sp³-hybridized carbons (Fsp3) is 0.571. The summed E-state index contributed by atoms with van der Waals surface area (Å²) in [6, 6.07) is 0. The largest absolute Gasteiger partial charge is 0.316 e. The molecule has 1 aliphatic heterocycles. The number of aliphatic imine (C=N–C) groups is 1. The van der Waals surface area contributed by atoms with Crippen molar-refractivity contribution in [1.29, 1.82) is 0 Å². The molecule has 0 aliphatic carbocycles. The molecule has 0 bridgehead atoms. The highest BCUT2D eigenvalue weighted by molar-refractivity contribution is 7.90. The molecular weight excluding hydrogens is 222 g/mol. The van der Waals surface area contributed by atoms with E-state index in [4.69, 9.17) is 0 Å². The molecule has 0 saturated carbocycles. The van der Waals surface area contributed by atoms with Crippen LogP contribution in [0.3, 0.4) is 0 Å². The summed E-state index contributed by atoms with van der Waals surface area (Å²) in [4.78, 5) is 25.2. The van der Waals surface area contributed by atoms with Gasteiger partial charge in [0.25, 0.3) is 0 Å². The van der Waals surface area contributed by atoms with Crippen LogP contribution in [0.1, 0.15) is 6.42 Å². The van der Waals surface area contributed by atoms with Crippen LogP contribution in [0, 0.1) is 0 Å². The second kappa shape index (κ2) is 4.39. The Bertz CT molecular complexity index is 394. The van der Waals surface area contributed by atoms with Crippen molar-refractivity contribution in [2.45, 2.75) is 6.42 Å². The first-order valence-corrected chi connectivity index (χ1v) is 6.29. The van der Waals surface area contributed by atoms with Gasteiger partial charge in [0.05, 0.1) is 5.75 Å². The van der Waals surface area contributed by atoms with Crippen LogP contribution in [0.15, 0.2) is 4.99 Å². The minimum atomic E-state index is -2.99. The smallest absolute Gasteiger partial charge is 0.288 e. The summed E-state index contributed by atoms with van der Waals surface area (Å²) in [7, 11) is -2.99. The van der Waals surface area contributed by atoms with E-state index in [1.807, 2.05) is 0 Å². The van der Waals surface area contributed by atoms with E-state index in [-0.39, 0.29) is 18.3 Å². The minimum Gasteiger partial charge on any atom is -0.288 e. The number of nitrogens with zero attached hydrogens (tertiary/aromatic N) is 1. The molecule has 1 saturated heterocycles. The molecular formula is C7H11N3O4S. The van der Waals surface area contributed by atoms with Crippen LogP contribution in [0.4, 0.5) is 0 Å². The summed E-state index contributed by atoms with van der Waals surface area (Å²) >= 11 is 0. The van der Waals surface area contributed by atoms with Gasteiger partial charge in [-0.2, -0.15) is 0 Å². The van der Waals surface area contributed by atoms with Gasteiger partial charge in [-0.25, -0.2) is 8.42 Å². The lowest BCUT2D eigenvalue weighted by Crippen LogP contribution is -2.26. The molecule has 0 spiro atoms. The van der Waals surface area contributed by atoms with Gasteiger partial charge < -0.3 is 0 Å². The number of hydrogen-bond acceptors (Lipinski definition) is 5. The lowest BCUT2D eigenvalue weighted by atomic mass is 10.5. The molecule has 84 valence electrons. The lowest BCUT2D eigenvalue weighted by Gasteiger charge is -1.97. The van der Waals surface area contributed by atoms with E-state index in [0.29, 0.717) is 6.42 Å². The summed E-state index contributed by atoms with van der Waals surface area (Å²) in [5, 5.41) is 4.40. The normalized spacial score (nSPS) is 16.2. The average molecular weight is 233 g/mol. The summed E-state index contributed by atoms with van der Waals surface area (Å²) in [6.07, 6.45) is 1.49. The van der Waals surface area contributed by atoms with Crippen LogP contribution in [0.25, 0.3) is 0 Å². The van der Waals surface area contributed by atoms with E-state index >= 15 is 0 Å². The van der Waals surface area contributed by atoms with Gasteiger partial charge in [-0.1, -0.05) is 0 Å². The van der Waals surface area contributed by atoms with E-state index in [1.165, 1.54) is 0 Å². The first-order chi connectivity index (χ1) is 6.88. The van der Waals surface area contributed by atoms with E-state index in [2.05, 4.69) is 15.6 Å². The molecule has 0 radical (unpaired) electrons. The van der Waals surface area contributed by atoms with Crippen LogP contribution >= 0.6 is 0 Å². The predicted molar refractivity (Wildman–Crippen MR) is 52.9 cm³/mol. The monoisotopic (exact) mass is 233 g/mol. The Hall–Kier alpha value is -1.44. The molecule has 1 rings (SSSR count). The zero-order chi connectivity index (χ0) is 11.5. The highest BCUT2D eigenvalue weighted by atomic mass is 32.2. The highest BCUT2D eigenvalue weighted by Gasteiger charge is 2.24. The maximum absolute atomic E-state index is 10.7. The fourth-order valence-electron chi connectivity index (χ4n) is 0.957. The van der Waals surface area contributed by atoms with E-state index in [0.717, 1.165) is 6.26 Å². The molecule has 8 heteroatoms. The zero-order valence-corrected chi connectivity index (χ0v) is 8.93. The number of carbonyl (C=O) groups is 2. The molecule has 0 atom stereocenters. The third-order valence-corrected chi connectivity index (χ3v) is 2.64. The average Bonchev–Trinajstić information content (AvgIpc) is 2.39. The number of nitrogens with one attached hydrogen (secondary N) is 2. The summed E-state index contributed by atoms with van der Waals surface area (Å²) < 4.78 is 21.5. The Morgan fingerprint density at radius 2 is 1.73 bits per heavy atom.